The summed E-state index contributed by atoms with van der Waals surface area (Å²) in [5.41, 5.74) is -1.55. The van der Waals surface area contributed by atoms with E-state index in [9.17, 15) is 9.90 Å². The van der Waals surface area contributed by atoms with Crippen molar-refractivity contribution >= 4 is 6.09 Å². The molecule has 0 radical (unpaired) electrons. The lowest BCUT2D eigenvalue weighted by Crippen LogP contribution is -2.65. The fraction of sp³-hybridized carbons (Fsp3) is 0.929. The number of ether oxygens (including phenoxy) is 3. The van der Waals surface area contributed by atoms with E-state index < -0.39 is 23.5 Å². The third kappa shape index (κ3) is 1.93. The number of carbonyl (C=O) groups excluding carboxylic acids is 1. The molecule has 6 nitrogen and oxygen atoms in total. The Morgan fingerprint density at radius 1 is 1.30 bits per heavy atom. The molecule has 0 aromatic rings. The molecule has 3 fully saturated rings. The molecule has 3 heterocycles. The summed E-state index contributed by atoms with van der Waals surface area (Å²) in [6, 6.07) is 0. The molecule has 20 heavy (non-hydrogen) atoms. The van der Waals surface area contributed by atoms with Gasteiger partial charge < -0.3 is 19.3 Å². The Kier molecular flexibility index (Phi) is 2.88. The number of aliphatic hydroxyl groups excluding tert-OH is 1. The predicted octanol–water partition coefficient (Wildman–Crippen LogP) is 1.02. The summed E-state index contributed by atoms with van der Waals surface area (Å²) in [7, 11) is 0. The van der Waals surface area contributed by atoms with E-state index in [0.717, 1.165) is 0 Å². The third-order valence-electron chi connectivity index (χ3n) is 4.55. The monoisotopic (exact) mass is 285 g/mol. The van der Waals surface area contributed by atoms with Crippen molar-refractivity contribution in [3.05, 3.63) is 0 Å². The molecular formula is C14H23NO5. The van der Waals surface area contributed by atoms with Crippen molar-refractivity contribution in [2.75, 3.05) is 0 Å². The summed E-state index contributed by atoms with van der Waals surface area (Å²) in [5.74, 6) is -0.255. The van der Waals surface area contributed by atoms with Gasteiger partial charge in [0.25, 0.3) is 0 Å². The first kappa shape index (κ1) is 14.1. The van der Waals surface area contributed by atoms with Crippen molar-refractivity contribution in [1.82, 2.24) is 5.32 Å². The Labute approximate surface area is 118 Å². The van der Waals surface area contributed by atoms with Crippen molar-refractivity contribution in [2.45, 2.75) is 70.4 Å². The van der Waals surface area contributed by atoms with Crippen LogP contribution in [0.1, 0.15) is 34.6 Å². The zero-order valence-corrected chi connectivity index (χ0v) is 12.5. The van der Waals surface area contributed by atoms with Gasteiger partial charge in [-0.05, 0) is 20.8 Å². The fourth-order valence-electron chi connectivity index (χ4n) is 3.43. The molecule has 3 saturated heterocycles. The van der Waals surface area contributed by atoms with Crippen LogP contribution in [0.5, 0.6) is 0 Å². The van der Waals surface area contributed by atoms with E-state index in [0.29, 0.717) is 0 Å². The molecule has 1 amide bonds. The van der Waals surface area contributed by atoms with Crippen molar-refractivity contribution in [1.29, 1.82) is 0 Å². The Hall–Kier alpha value is -0.850. The summed E-state index contributed by atoms with van der Waals surface area (Å²) < 4.78 is 17.0. The average Bonchev–Trinajstić information content (AvgIpc) is 3.04. The SMILES string of the molecule is C[C@@H]1[C@H](O)[C@H](C)[C@@]2(NC(=O)OC(C)(C)C)O[C@@H]1[C@H]1O[C@H]12. The topological polar surface area (TPSA) is 80.3 Å². The number of hydrogen-bond acceptors (Lipinski definition) is 5. The second kappa shape index (κ2) is 4.08. The summed E-state index contributed by atoms with van der Waals surface area (Å²) >= 11 is 0. The first-order valence-electron chi connectivity index (χ1n) is 7.18. The molecule has 0 saturated carbocycles. The van der Waals surface area contributed by atoms with Gasteiger partial charge in [0.2, 0.25) is 0 Å². The van der Waals surface area contributed by atoms with Crippen LogP contribution < -0.4 is 5.32 Å². The van der Waals surface area contributed by atoms with Crippen LogP contribution in [-0.4, -0.2) is 46.9 Å². The van der Waals surface area contributed by atoms with Crippen LogP contribution in [0.2, 0.25) is 0 Å². The zero-order valence-electron chi connectivity index (χ0n) is 12.5. The van der Waals surface area contributed by atoms with Gasteiger partial charge in [-0.2, -0.15) is 0 Å². The van der Waals surface area contributed by atoms with Gasteiger partial charge in [-0.3, -0.25) is 5.32 Å². The van der Waals surface area contributed by atoms with E-state index in [1.165, 1.54) is 0 Å². The number of epoxide rings is 1. The number of fused-ring (bicyclic) bond motifs is 5. The molecule has 3 aliphatic heterocycles. The van der Waals surface area contributed by atoms with Gasteiger partial charge in [-0.1, -0.05) is 13.8 Å². The summed E-state index contributed by atoms with van der Waals surface area (Å²) in [6.45, 7) is 9.24. The lowest BCUT2D eigenvalue weighted by molar-refractivity contribution is -0.231. The fourth-order valence-corrected chi connectivity index (χ4v) is 3.43. The van der Waals surface area contributed by atoms with Crippen molar-refractivity contribution in [2.24, 2.45) is 11.8 Å². The Bertz CT molecular complexity index is 434. The number of hydrogen-bond donors (Lipinski definition) is 2. The van der Waals surface area contributed by atoms with Gasteiger partial charge in [-0.25, -0.2) is 4.79 Å². The molecule has 7 atom stereocenters. The lowest BCUT2D eigenvalue weighted by Gasteiger charge is -2.46. The van der Waals surface area contributed by atoms with Crippen LogP contribution in [0.25, 0.3) is 0 Å². The Morgan fingerprint density at radius 2 is 1.95 bits per heavy atom. The molecule has 3 rings (SSSR count). The van der Waals surface area contributed by atoms with Gasteiger partial charge in [0.15, 0.2) is 5.72 Å². The highest BCUT2D eigenvalue weighted by atomic mass is 16.7. The van der Waals surface area contributed by atoms with Crippen LogP contribution >= 0.6 is 0 Å². The molecule has 0 aromatic carbocycles. The second-order valence-corrected chi connectivity index (χ2v) is 7.16. The van der Waals surface area contributed by atoms with E-state index in [4.69, 9.17) is 14.2 Å². The number of rotatable bonds is 1. The second-order valence-electron chi connectivity index (χ2n) is 7.16. The summed E-state index contributed by atoms with van der Waals surface area (Å²) in [6.07, 6.45) is -1.45. The third-order valence-corrected chi connectivity index (χ3v) is 4.55. The Balaban J connectivity index is 1.79. The first-order chi connectivity index (χ1) is 9.16. The molecule has 0 aliphatic carbocycles. The quantitative estimate of drug-likeness (QED) is 0.703. The average molecular weight is 285 g/mol. The van der Waals surface area contributed by atoms with Crippen molar-refractivity contribution in [3.63, 3.8) is 0 Å². The minimum Gasteiger partial charge on any atom is -0.444 e. The smallest absolute Gasteiger partial charge is 0.409 e. The highest BCUT2D eigenvalue weighted by Gasteiger charge is 2.74. The number of alkyl carbamates (subject to hydrolysis) is 1. The van der Waals surface area contributed by atoms with E-state index in [2.05, 4.69) is 5.32 Å². The highest BCUT2D eigenvalue weighted by Crippen LogP contribution is 2.55. The number of aliphatic hydroxyl groups is 1. The molecule has 3 aliphatic rings. The summed E-state index contributed by atoms with van der Waals surface area (Å²) in [5, 5.41) is 13.2. The first-order valence-corrected chi connectivity index (χ1v) is 7.18. The van der Waals surface area contributed by atoms with E-state index in [1.807, 2.05) is 13.8 Å². The number of nitrogens with one attached hydrogen (secondary N) is 1. The molecule has 2 bridgehead atoms. The van der Waals surface area contributed by atoms with Gasteiger partial charge in [0.05, 0.1) is 12.2 Å². The zero-order chi connectivity index (χ0) is 14.9. The van der Waals surface area contributed by atoms with E-state index in [-0.39, 0.29) is 30.1 Å². The molecule has 0 spiro atoms. The van der Waals surface area contributed by atoms with E-state index in [1.54, 1.807) is 20.8 Å². The molecule has 2 N–H and O–H groups in total. The number of amides is 1. The van der Waals surface area contributed by atoms with Crippen LogP contribution in [0.3, 0.4) is 0 Å². The van der Waals surface area contributed by atoms with Crippen molar-refractivity contribution in [3.8, 4) is 0 Å². The van der Waals surface area contributed by atoms with Gasteiger partial charge in [0, 0.05) is 11.8 Å². The van der Waals surface area contributed by atoms with Crippen molar-refractivity contribution < 1.29 is 24.1 Å². The minimum absolute atomic E-state index is 0.00365. The maximum atomic E-state index is 12.1. The molecule has 0 unspecified atom stereocenters. The molecule has 0 aromatic heterocycles. The van der Waals surface area contributed by atoms with Crippen LogP contribution in [0.15, 0.2) is 0 Å². The van der Waals surface area contributed by atoms with E-state index >= 15 is 0 Å². The standard InChI is InChI=1S/C14H23NO5/c1-6-8(16)7(2)14(11-10(18-11)9(6)19-14)15-12(17)20-13(3,4)5/h6-11,16H,1-5H3,(H,15,17)/t6-,7+,8+,9+,10-,11-,14-/m1/s1. The van der Waals surface area contributed by atoms with Crippen LogP contribution in [0.4, 0.5) is 4.79 Å². The largest absolute Gasteiger partial charge is 0.444 e. The minimum atomic E-state index is -0.969. The maximum absolute atomic E-state index is 12.1. The number of carbonyl (C=O) groups is 1. The van der Waals surface area contributed by atoms with Crippen LogP contribution in [-0.2, 0) is 14.2 Å². The van der Waals surface area contributed by atoms with Gasteiger partial charge >= 0.3 is 6.09 Å². The maximum Gasteiger partial charge on any atom is 0.409 e. The lowest BCUT2D eigenvalue weighted by atomic mass is 9.83. The molecular weight excluding hydrogens is 262 g/mol. The normalized spacial score (nSPS) is 49.5. The predicted molar refractivity (Wildman–Crippen MR) is 70.0 cm³/mol. The summed E-state index contributed by atoms with van der Waals surface area (Å²) in [4.78, 5) is 12.1. The molecule has 114 valence electrons. The Morgan fingerprint density at radius 3 is 2.55 bits per heavy atom. The van der Waals surface area contributed by atoms with Gasteiger partial charge in [0.1, 0.15) is 17.8 Å². The molecule has 6 heteroatoms. The van der Waals surface area contributed by atoms with Gasteiger partial charge in [-0.15, -0.1) is 0 Å². The highest BCUT2D eigenvalue weighted by molar-refractivity contribution is 5.69. The van der Waals surface area contributed by atoms with Crippen LogP contribution in [0, 0.1) is 11.8 Å².